The van der Waals surface area contributed by atoms with Gasteiger partial charge in [-0.2, -0.15) is 4.98 Å². The summed E-state index contributed by atoms with van der Waals surface area (Å²) in [7, 11) is 0. The van der Waals surface area contributed by atoms with E-state index in [1.807, 2.05) is 0 Å². The molecule has 126 valence electrons. The Kier molecular flexibility index (Phi) is 4.83. The van der Waals surface area contributed by atoms with E-state index in [-0.39, 0.29) is 23.0 Å². The third-order valence-corrected chi connectivity index (χ3v) is 3.88. The van der Waals surface area contributed by atoms with Gasteiger partial charge in [0.15, 0.2) is 17.4 Å². The van der Waals surface area contributed by atoms with Crippen LogP contribution in [0.1, 0.15) is 10.4 Å². The molecule has 2 N–H and O–H groups in total. The molecule has 1 heterocycles. The van der Waals surface area contributed by atoms with Crippen molar-refractivity contribution in [3.8, 4) is 23.0 Å². The largest absolute Gasteiger partial charge is 0.435 e. The number of carbonyl (C=O) groups excluding carboxylic acids is 1. The van der Waals surface area contributed by atoms with E-state index in [4.69, 9.17) is 33.7 Å². The molecule has 5 nitrogen and oxygen atoms in total. The molecule has 0 saturated heterocycles. The first-order valence-electron chi connectivity index (χ1n) is 7.01. The molecule has 0 aliphatic rings. The van der Waals surface area contributed by atoms with Gasteiger partial charge >= 0.3 is 0 Å². The Morgan fingerprint density at radius 3 is 2.40 bits per heavy atom. The number of nitrogens with two attached hydrogens (primary N) is 1. The van der Waals surface area contributed by atoms with Gasteiger partial charge in [0.2, 0.25) is 5.88 Å². The maximum Gasteiger partial charge on any atom is 0.255 e. The smallest absolute Gasteiger partial charge is 0.255 e. The lowest BCUT2D eigenvalue weighted by molar-refractivity contribution is 0.0997. The van der Waals surface area contributed by atoms with Gasteiger partial charge in [-0.3, -0.25) is 4.79 Å². The van der Waals surface area contributed by atoms with Crippen LogP contribution < -0.4 is 10.5 Å². The summed E-state index contributed by atoms with van der Waals surface area (Å²) in [5.41, 5.74) is 5.57. The lowest BCUT2D eigenvalue weighted by atomic mass is 10.2. The Hall–Kier alpha value is -2.70. The highest BCUT2D eigenvalue weighted by molar-refractivity contribution is 6.38. The molecule has 0 fully saturated rings. The van der Waals surface area contributed by atoms with Gasteiger partial charge in [-0.25, -0.2) is 9.37 Å². The third kappa shape index (κ3) is 3.55. The van der Waals surface area contributed by atoms with E-state index < -0.39 is 11.7 Å². The fourth-order valence-corrected chi connectivity index (χ4v) is 2.64. The molecule has 3 aromatic rings. The molecule has 2 aromatic carbocycles. The highest BCUT2D eigenvalue weighted by Crippen LogP contribution is 2.34. The van der Waals surface area contributed by atoms with Gasteiger partial charge in [0.05, 0.1) is 15.6 Å². The maximum atomic E-state index is 13.8. The molecule has 0 atom stereocenters. The molecule has 1 amide bonds. The Bertz CT molecular complexity index is 946. The summed E-state index contributed by atoms with van der Waals surface area (Å²) in [5.74, 6) is -1.62. The summed E-state index contributed by atoms with van der Waals surface area (Å²) >= 11 is 12.3. The van der Waals surface area contributed by atoms with E-state index in [9.17, 15) is 9.18 Å². The molecule has 0 unspecified atom stereocenters. The summed E-state index contributed by atoms with van der Waals surface area (Å²) in [5, 5.41) is 0.632. The van der Waals surface area contributed by atoms with Crippen molar-refractivity contribution >= 4 is 29.1 Å². The lowest BCUT2D eigenvalue weighted by Gasteiger charge is -2.11. The number of nitrogens with zero attached hydrogens (tertiary/aromatic N) is 2. The predicted octanol–water partition coefficient (Wildman–Crippen LogP) is 4.48. The number of amides is 1. The SMILES string of the molecule is NC(=O)c1cnc(-c2c(Cl)cccc2Cl)nc1Oc1ccccc1F. The third-order valence-electron chi connectivity index (χ3n) is 3.25. The highest BCUT2D eigenvalue weighted by Gasteiger charge is 2.19. The van der Waals surface area contributed by atoms with Gasteiger partial charge in [0, 0.05) is 6.20 Å². The fraction of sp³-hybridized carbons (Fsp3) is 0. The summed E-state index contributed by atoms with van der Waals surface area (Å²) in [6, 6.07) is 10.6. The summed E-state index contributed by atoms with van der Waals surface area (Å²) in [6.45, 7) is 0. The van der Waals surface area contributed by atoms with E-state index in [1.165, 1.54) is 24.4 Å². The molecule has 0 radical (unpaired) electrons. The molecule has 0 spiro atoms. The van der Waals surface area contributed by atoms with E-state index >= 15 is 0 Å². The van der Waals surface area contributed by atoms with Gasteiger partial charge in [0.25, 0.3) is 5.91 Å². The molecule has 8 heteroatoms. The number of hydrogen-bond acceptors (Lipinski definition) is 4. The molecule has 1 aromatic heterocycles. The van der Waals surface area contributed by atoms with Crippen molar-refractivity contribution in [1.29, 1.82) is 0 Å². The number of benzene rings is 2. The average Bonchev–Trinajstić information content (AvgIpc) is 2.57. The van der Waals surface area contributed by atoms with Crippen LogP contribution in [0.5, 0.6) is 11.6 Å². The van der Waals surface area contributed by atoms with E-state index in [2.05, 4.69) is 9.97 Å². The zero-order valence-corrected chi connectivity index (χ0v) is 14.1. The molecule has 25 heavy (non-hydrogen) atoms. The van der Waals surface area contributed by atoms with Crippen molar-refractivity contribution in [2.75, 3.05) is 0 Å². The quantitative estimate of drug-likeness (QED) is 0.726. The second kappa shape index (κ2) is 7.04. The lowest BCUT2D eigenvalue weighted by Crippen LogP contribution is -2.14. The fourth-order valence-electron chi connectivity index (χ4n) is 2.08. The Labute approximate surface area is 152 Å². The van der Waals surface area contributed by atoms with Crippen LogP contribution in [-0.2, 0) is 0 Å². The molecule has 3 rings (SSSR count). The minimum atomic E-state index is -0.817. The predicted molar refractivity (Wildman–Crippen MR) is 92.5 cm³/mol. The van der Waals surface area contributed by atoms with Gasteiger partial charge in [0.1, 0.15) is 5.56 Å². The van der Waals surface area contributed by atoms with Gasteiger partial charge in [-0.05, 0) is 24.3 Å². The van der Waals surface area contributed by atoms with Crippen molar-refractivity contribution in [2.45, 2.75) is 0 Å². The highest BCUT2D eigenvalue weighted by atomic mass is 35.5. The summed E-state index contributed by atoms with van der Waals surface area (Å²) in [6.07, 6.45) is 1.18. The van der Waals surface area contributed by atoms with Crippen molar-refractivity contribution in [1.82, 2.24) is 9.97 Å². The molecule has 0 bridgehead atoms. The van der Waals surface area contributed by atoms with Crippen LogP contribution in [0, 0.1) is 5.82 Å². The topological polar surface area (TPSA) is 78.1 Å². The van der Waals surface area contributed by atoms with Crippen LogP contribution in [0.15, 0.2) is 48.7 Å². The minimum absolute atomic E-state index is 0.102. The zero-order valence-electron chi connectivity index (χ0n) is 12.5. The standard InChI is InChI=1S/C17H10Cl2FN3O2/c18-10-4-3-5-11(19)14(10)16-22-8-9(15(21)24)17(23-16)25-13-7-2-1-6-12(13)20/h1-8H,(H2,21,24). The molecular weight excluding hydrogens is 368 g/mol. The van der Waals surface area contributed by atoms with Crippen LogP contribution in [0.2, 0.25) is 10.0 Å². The monoisotopic (exact) mass is 377 g/mol. The van der Waals surface area contributed by atoms with Crippen LogP contribution in [0.3, 0.4) is 0 Å². The Balaban J connectivity index is 2.13. The van der Waals surface area contributed by atoms with E-state index in [0.29, 0.717) is 15.6 Å². The van der Waals surface area contributed by atoms with Crippen molar-refractivity contribution < 1.29 is 13.9 Å². The molecule has 0 aliphatic carbocycles. The number of hydrogen-bond donors (Lipinski definition) is 1. The Morgan fingerprint density at radius 1 is 1.08 bits per heavy atom. The van der Waals surface area contributed by atoms with Gasteiger partial charge < -0.3 is 10.5 Å². The second-order valence-electron chi connectivity index (χ2n) is 4.91. The summed E-state index contributed by atoms with van der Waals surface area (Å²) < 4.78 is 19.3. The number of rotatable bonds is 4. The van der Waals surface area contributed by atoms with Gasteiger partial charge in [-0.1, -0.05) is 41.4 Å². The zero-order chi connectivity index (χ0) is 18.0. The first kappa shape index (κ1) is 17.1. The molecule has 0 saturated carbocycles. The number of primary amides is 1. The van der Waals surface area contributed by atoms with Crippen LogP contribution in [0.4, 0.5) is 4.39 Å². The van der Waals surface area contributed by atoms with Crippen molar-refractivity contribution in [3.63, 3.8) is 0 Å². The first-order valence-corrected chi connectivity index (χ1v) is 7.76. The van der Waals surface area contributed by atoms with Crippen LogP contribution in [-0.4, -0.2) is 15.9 Å². The summed E-state index contributed by atoms with van der Waals surface area (Å²) in [4.78, 5) is 19.8. The van der Waals surface area contributed by atoms with Crippen LogP contribution in [0.25, 0.3) is 11.4 Å². The number of aromatic nitrogens is 2. The van der Waals surface area contributed by atoms with Gasteiger partial charge in [-0.15, -0.1) is 0 Å². The number of para-hydroxylation sites is 1. The molecular formula is C17H10Cl2FN3O2. The Morgan fingerprint density at radius 2 is 1.76 bits per heavy atom. The average molecular weight is 378 g/mol. The number of ether oxygens (including phenoxy) is 1. The second-order valence-corrected chi connectivity index (χ2v) is 5.72. The minimum Gasteiger partial charge on any atom is -0.435 e. The normalized spacial score (nSPS) is 10.5. The van der Waals surface area contributed by atoms with E-state index in [0.717, 1.165) is 0 Å². The molecule has 0 aliphatic heterocycles. The number of halogens is 3. The first-order chi connectivity index (χ1) is 12.0. The number of carbonyl (C=O) groups is 1. The van der Waals surface area contributed by atoms with E-state index in [1.54, 1.807) is 24.3 Å². The maximum absolute atomic E-state index is 13.8. The van der Waals surface area contributed by atoms with Crippen molar-refractivity contribution in [3.05, 3.63) is 70.1 Å². The van der Waals surface area contributed by atoms with Crippen LogP contribution >= 0.6 is 23.2 Å². The van der Waals surface area contributed by atoms with Crippen molar-refractivity contribution in [2.24, 2.45) is 5.73 Å².